The van der Waals surface area contributed by atoms with Crippen molar-refractivity contribution in [2.75, 3.05) is 27.3 Å². The van der Waals surface area contributed by atoms with E-state index in [9.17, 15) is 0 Å². The first-order chi connectivity index (χ1) is 17.5. The average molecular weight is 487 g/mol. The summed E-state index contributed by atoms with van der Waals surface area (Å²) in [4.78, 5) is 2.56. The van der Waals surface area contributed by atoms with E-state index in [0.717, 1.165) is 46.6 Å². The van der Waals surface area contributed by atoms with Gasteiger partial charge in [-0.15, -0.1) is 0 Å². The molecule has 0 amide bonds. The third kappa shape index (κ3) is 6.11. The lowest BCUT2D eigenvalue weighted by Gasteiger charge is -2.19. The largest absolute Gasteiger partial charge is 0.497 e. The van der Waals surface area contributed by atoms with Crippen molar-refractivity contribution in [2.24, 2.45) is 0 Å². The number of rotatable bonds is 7. The highest BCUT2D eigenvalue weighted by atomic mass is 16.5. The number of ether oxygens (including phenoxy) is 2. The Bertz CT molecular complexity index is 1270. The van der Waals surface area contributed by atoms with Crippen LogP contribution in [0.4, 0.5) is 0 Å². The van der Waals surface area contributed by atoms with Gasteiger partial charge in [0.2, 0.25) is 0 Å². The van der Waals surface area contributed by atoms with Gasteiger partial charge < -0.3 is 28.8 Å². The van der Waals surface area contributed by atoms with Gasteiger partial charge in [-0.05, 0) is 62.2 Å². The van der Waals surface area contributed by atoms with E-state index in [0.29, 0.717) is 17.3 Å². The van der Waals surface area contributed by atoms with Crippen molar-refractivity contribution in [3.05, 3.63) is 78.6 Å². The molecule has 36 heavy (non-hydrogen) atoms. The number of hydrogen-bond donors (Lipinski definition) is 2. The zero-order valence-corrected chi connectivity index (χ0v) is 21.2. The Morgan fingerprint density at radius 3 is 2.33 bits per heavy atom. The van der Waals surface area contributed by atoms with E-state index in [2.05, 4.69) is 42.2 Å². The summed E-state index contributed by atoms with van der Waals surface area (Å²) in [6.45, 7) is 4.63. The molecular formula is C29H34BNO5. The normalized spacial score (nSPS) is 15.4. The molecule has 1 saturated heterocycles. The number of para-hydroxylation sites is 2. The van der Waals surface area contributed by atoms with Gasteiger partial charge in [-0.25, -0.2) is 0 Å². The second-order valence-corrected chi connectivity index (χ2v) is 9.06. The van der Waals surface area contributed by atoms with Crippen LogP contribution >= 0.6 is 0 Å². The molecule has 7 heteroatoms. The molecular weight excluding hydrogens is 453 g/mol. The zero-order chi connectivity index (χ0) is 25.5. The number of hydrogen-bond acceptors (Lipinski definition) is 6. The van der Waals surface area contributed by atoms with Crippen LogP contribution < -0.4 is 14.9 Å². The van der Waals surface area contributed by atoms with Gasteiger partial charge in [0.25, 0.3) is 0 Å². The van der Waals surface area contributed by atoms with Gasteiger partial charge in [0, 0.05) is 35.4 Å². The molecule has 0 unspecified atom stereocenters. The fourth-order valence-electron chi connectivity index (χ4n) is 4.73. The van der Waals surface area contributed by atoms with Crippen molar-refractivity contribution in [1.29, 1.82) is 0 Å². The summed E-state index contributed by atoms with van der Waals surface area (Å²) in [5.74, 6) is 2.46. The van der Waals surface area contributed by atoms with Crippen LogP contribution in [0.2, 0.25) is 0 Å². The van der Waals surface area contributed by atoms with Crippen molar-refractivity contribution in [2.45, 2.75) is 32.2 Å². The molecule has 3 aromatic carbocycles. The van der Waals surface area contributed by atoms with Crippen LogP contribution in [0.3, 0.4) is 0 Å². The quantitative estimate of drug-likeness (QED) is 0.374. The third-order valence-corrected chi connectivity index (χ3v) is 6.74. The molecule has 5 rings (SSSR count). The fourth-order valence-corrected chi connectivity index (χ4v) is 4.73. The minimum atomic E-state index is -1.47. The standard InChI is InChI=1S/C22H25NO2.C7H9BO3/c1-16-6-5-12-23(16)13-11-19-15-18-14-17(9-10-21(18)25-19)20-7-3-4-8-22(20)24-2;1-11-7-5-3-2-4-6(7)8(9)10/h3-4,7-10,14-16H,5-6,11-13H2,1-2H3;2-5,9-10H,1H3/t16-;/m1./s1. The summed E-state index contributed by atoms with van der Waals surface area (Å²) in [6.07, 6.45) is 3.62. The second-order valence-electron chi connectivity index (χ2n) is 9.06. The number of benzene rings is 3. The van der Waals surface area contributed by atoms with Gasteiger partial charge in [0.05, 0.1) is 14.2 Å². The Hall–Kier alpha value is -3.26. The molecule has 4 aromatic rings. The Balaban J connectivity index is 0.000000233. The minimum absolute atomic E-state index is 0.384. The SMILES string of the molecule is COc1ccccc1-c1ccc2oc(CCN3CCC[C@H]3C)cc2c1.COc1ccccc1B(O)O. The summed E-state index contributed by atoms with van der Waals surface area (Å²) in [6, 6.07) is 24.2. The van der Waals surface area contributed by atoms with Crippen molar-refractivity contribution >= 4 is 23.6 Å². The molecule has 1 fully saturated rings. The lowest BCUT2D eigenvalue weighted by atomic mass is 9.80. The Kier molecular flexibility index (Phi) is 8.70. The van der Waals surface area contributed by atoms with Crippen LogP contribution in [-0.4, -0.2) is 55.4 Å². The summed E-state index contributed by atoms with van der Waals surface area (Å²) < 4.78 is 16.4. The molecule has 188 valence electrons. The molecule has 6 nitrogen and oxygen atoms in total. The van der Waals surface area contributed by atoms with Crippen molar-refractivity contribution in [3.63, 3.8) is 0 Å². The number of nitrogens with zero attached hydrogens (tertiary/aromatic N) is 1. The molecule has 2 N–H and O–H groups in total. The highest BCUT2D eigenvalue weighted by Crippen LogP contribution is 2.32. The van der Waals surface area contributed by atoms with Gasteiger partial charge in [0.15, 0.2) is 0 Å². The molecule has 1 aromatic heterocycles. The third-order valence-electron chi connectivity index (χ3n) is 6.74. The molecule has 0 aliphatic carbocycles. The van der Waals surface area contributed by atoms with Gasteiger partial charge in [0.1, 0.15) is 22.8 Å². The van der Waals surface area contributed by atoms with Gasteiger partial charge in [-0.3, -0.25) is 0 Å². The van der Waals surface area contributed by atoms with Crippen LogP contribution in [0.15, 0.2) is 77.2 Å². The molecule has 1 aliphatic heterocycles. The summed E-state index contributed by atoms with van der Waals surface area (Å²) in [7, 11) is 1.74. The first-order valence-corrected chi connectivity index (χ1v) is 12.4. The number of likely N-dealkylation sites (tertiary alicyclic amines) is 1. The van der Waals surface area contributed by atoms with E-state index < -0.39 is 7.12 Å². The van der Waals surface area contributed by atoms with E-state index >= 15 is 0 Å². The topological polar surface area (TPSA) is 75.3 Å². The number of furan rings is 1. The van der Waals surface area contributed by atoms with E-state index in [1.807, 2.05) is 18.2 Å². The second kappa shape index (κ2) is 12.1. The van der Waals surface area contributed by atoms with Crippen molar-refractivity contribution in [3.8, 4) is 22.6 Å². The van der Waals surface area contributed by atoms with Crippen molar-refractivity contribution in [1.82, 2.24) is 4.90 Å². The van der Waals surface area contributed by atoms with Crippen LogP contribution in [0, 0.1) is 0 Å². The fraction of sp³-hybridized carbons (Fsp3) is 0.310. The van der Waals surface area contributed by atoms with Crippen molar-refractivity contribution < 1.29 is 23.9 Å². The maximum Gasteiger partial charge on any atom is 0.492 e. The lowest BCUT2D eigenvalue weighted by Crippen LogP contribution is -2.30. The van der Waals surface area contributed by atoms with Gasteiger partial charge in [-0.2, -0.15) is 0 Å². The highest BCUT2D eigenvalue weighted by Gasteiger charge is 2.20. The van der Waals surface area contributed by atoms with Gasteiger partial charge in [-0.1, -0.05) is 42.5 Å². The molecule has 0 spiro atoms. The van der Waals surface area contributed by atoms with Crippen LogP contribution in [0.25, 0.3) is 22.1 Å². The lowest BCUT2D eigenvalue weighted by molar-refractivity contribution is 0.266. The molecule has 0 saturated carbocycles. The Morgan fingerprint density at radius 1 is 0.944 bits per heavy atom. The number of methoxy groups -OCH3 is 2. The predicted octanol–water partition coefficient (Wildman–Crippen LogP) is 4.51. The van der Waals surface area contributed by atoms with E-state index in [-0.39, 0.29) is 0 Å². The Morgan fingerprint density at radius 2 is 1.67 bits per heavy atom. The number of fused-ring (bicyclic) bond motifs is 1. The van der Waals surface area contributed by atoms with Crippen LogP contribution in [-0.2, 0) is 6.42 Å². The predicted molar refractivity (Wildman–Crippen MR) is 145 cm³/mol. The van der Waals surface area contributed by atoms with Crippen LogP contribution in [0.5, 0.6) is 11.5 Å². The smallest absolute Gasteiger partial charge is 0.492 e. The highest BCUT2D eigenvalue weighted by molar-refractivity contribution is 6.59. The first-order valence-electron chi connectivity index (χ1n) is 12.4. The average Bonchev–Trinajstić information content (AvgIpc) is 3.52. The van der Waals surface area contributed by atoms with E-state index in [4.69, 9.17) is 23.9 Å². The molecule has 0 radical (unpaired) electrons. The summed E-state index contributed by atoms with van der Waals surface area (Å²) >= 11 is 0. The maximum atomic E-state index is 8.81. The maximum absolute atomic E-state index is 8.81. The molecule has 0 bridgehead atoms. The Labute approximate surface area is 213 Å². The zero-order valence-electron chi connectivity index (χ0n) is 21.2. The molecule has 2 heterocycles. The van der Waals surface area contributed by atoms with E-state index in [1.165, 1.54) is 26.5 Å². The summed E-state index contributed by atoms with van der Waals surface area (Å²) in [5, 5.41) is 18.8. The monoisotopic (exact) mass is 487 g/mol. The summed E-state index contributed by atoms with van der Waals surface area (Å²) in [5.41, 5.74) is 3.61. The van der Waals surface area contributed by atoms with Gasteiger partial charge >= 0.3 is 7.12 Å². The molecule has 1 atom stereocenters. The minimum Gasteiger partial charge on any atom is -0.497 e. The van der Waals surface area contributed by atoms with E-state index in [1.54, 1.807) is 31.4 Å². The molecule has 1 aliphatic rings. The first kappa shape index (κ1) is 25.8. The van der Waals surface area contributed by atoms with Crippen LogP contribution in [0.1, 0.15) is 25.5 Å².